The lowest BCUT2D eigenvalue weighted by Crippen LogP contribution is -2.58. The van der Waals surface area contributed by atoms with Crippen molar-refractivity contribution >= 4 is 23.9 Å². The van der Waals surface area contributed by atoms with Gasteiger partial charge in [-0.15, -0.1) is 0 Å². The fourth-order valence-corrected chi connectivity index (χ4v) is 8.30. The van der Waals surface area contributed by atoms with Crippen LogP contribution >= 0.6 is 11.9 Å². The number of rotatable bonds is 10. The molecular formula is C42H56N4O4S. The zero-order chi connectivity index (χ0) is 35.8. The first kappa shape index (κ1) is 37.2. The van der Waals surface area contributed by atoms with E-state index in [9.17, 15) is 9.59 Å². The summed E-state index contributed by atoms with van der Waals surface area (Å²) in [6.45, 7) is 12.8. The van der Waals surface area contributed by atoms with Gasteiger partial charge in [-0.05, 0) is 112 Å². The van der Waals surface area contributed by atoms with Crippen LogP contribution in [0.5, 0.6) is 5.75 Å². The van der Waals surface area contributed by atoms with Crippen LogP contribution in [0, 0.1) is 12.8 Å². The molecule has 1 N–H and O–H groups in total. The van der Waals surface area contributed by atoms with Crippen molar-refractivity contribution in [2.45, 2.75) is 102 Å². The third-order valence-electron chi connectivity index (χ3n) is 10.2. The van der Waals surface area contributed by atoms with E-state index < -0.39 is 11.7 Å². The van der Waals surface area contributed by atoms with Gasteiger partial charge in [-0.3, -0.25) is 9.69 Å². The van der Waals surface area contributed by atoms with Gasteiger partial charge in [0, 0.05) is 50.2 Å². The smallest absolute Gasteiger partial charge is 0.407 e. The van der Waals surface area contributed by atoms with E-state index >= 15 is 0 Å². The summed E-state index contributed by atoms with van der Waals surface area (Å²) < 4.78 is 13.9. The predicted molar refractivity (Wildman–Crippen MR) is 206 cm³/mol. The van der Waals surface area contributed by atoms with Crippen LogP contribution < -0.4 is 10.1 Å². The van der Waals surface area contributed by atoms with Gasteiger partial charge in [0.1, 0.15) is 17.4 Å². The van der Waals surface area contributed by atoms with Gasteiger partial charge in [-0.2, -0.15) is 0 Å². The number of carbonyl (C=O) groups excluding carboxylic acids is 2. The Balaban J connectivity index is 1.09. The number of benzene rings is 3. The Morgan fingerprint density at radius 2 is 1.45 bits per heavy atom. The number of ether oxygens (including phenoxy) is 2. The molecule has 1 aliphatic carbocycles. The Morgan fingerprint density at radius 3 is 2.10 bits per heavy atom. The van der Waals surface area contributed by atoms with Crippen LogP contribution in [0.4, 0.5) is 4.79 Å². The number of likely N-dealkylation sites (tertiary alicyclic amines) is 1. The van der Waals surface area contributed by atoms with E-state index in [0.29, 0.717) is 38.4 Å². The molecule has 1 unspecified atom stereocenters. The molecule has 2 aliphatic heterocycles. The second-order valence-electron chi connectivity index (χ2n) is 15.6. The quantitative estimate of drug-likeness (QED) is 0.212. The summed E-state index contributed by atoms with van der Waals surface area (Å²) in [5.74, 6) is 1.74. The first-order valence-electron chi connectivity index (χ1n) is 18.9. The molecule has 2 saturated heterocycles. The second kappa shape index (κ2) is 17.3. The maximum absolute atomic E-state index is 14.3. The molecule has 0 spiro atoms. The van der Waals surface area contributed by atoms with Crippen LogP contribution in [0.25, 0.3) is 11.1 Å². The van der Waals surface area contributed by atoms with Crippen molar-refractivity contribution in [1.82, 2.24) is 19.4 Å². The zero-order valence-electron chi connectivity index (χ0n) is 30.9. The number of aryl methyl sites for hydroxylation is 1. The highest BCUT2D eigenvalue weighted by atomic mass is 32.2. The Kier molecular flexibility index (Phi) is 12.6. The third kappa shape index (κ3) is 11.0. The van der Waals surface area contributed by atoms with Crippen molar-refractivity contribution in [2.24, 2.45) is 5.92 Å². The number of piperazine rings is 1. The van der Waals surface area contributed by atoms with Gasteiger partial charge >= 0.3 is 6.09 Å². The van der Waals surface area contributed by atoms with Gasteiger partial charge in [-0.1, -0.05) is 73.4 Å². The van der Waals surface area contributed by atoms with Gasteiger partial charge in [0.25, 0.3) is 0 Å². The maximum Gasteiger partial charge on any atom is 0.407 e. The lowest BCUT2D eigenvalue weighted by Gasteiger charge is -2.43. The number of carbonyl (C=O) groups is 2. The first-order valence-corrected chi connectivity index (χ1v) is 19.7. The summed E-state index contributed by atoms with van der Waals surface area (Å²) in [4.78, 5) is 32.2. The van der Waals surface area contributed by atoms with Crippen LogP contribution in [0.2, 0.25) is 0 Å². The Labute approximate surface area is 309 Å². The number of nitrogens with one attached hydrogen (secondary N) is 1. The Morgan fingerprint density at radius 1 is 0.804 bits per heavy atom. The number of amides is 2. The summed E-state index contributed by atoms with van der Waals surface area (Å²) in [6, 6.07) is 25.6. The highest BCUT2D eigenvalue weighted by Crippen LogP contribution is 2.32. The van der Waals surface area contributed by atoms with Crippen LogP contribution in [-0.4, -0.2) is 83.1 Å². The molecule has 2 amide bonds. The fraction of sp³-hybridized carbons (Fsp3) is 0.524. The molecule has 0 bridgehead atoms. The summed E-state index contributed by atoms with van der Waals surface area (Å²) >= 11 is 1.67. The van der Waals surface area contributed by atoms with Crippen LogP contribution in [0.3, 0.4) is 0 Å². The van der Waals surface area contributed by atoms with Crippen molar-refractivity contribution in [1.29, 1.82) is 0 Å². The Hall–Kier alpha value is -3.53. The van der Waals surface area contributed by atoms with Crippen molar-refractivity contribution in [3.05, 3.63) is 83.9 Å². The highest BCUT2D eigenvalue weighted by Gasteiger charge is 2.37. The predicted octanol–water partition coefficient (Wildman–Crippen LogP) is 8.33. The largest absolute Gasteiger partial charge is 0.493 e. The molecule has 0 aromatic heterocycles. The topological polar surface area (TPSA) is 74.4 Å². The molecule has 51 heavy (non-hydrogen) atoms. The summed E-state index contributed by atoms with van der Waals surface area (Å²) in [7, 11) is 0. The van der Waals surface area contributed by atoms with Crippen LogP contribution in [-0.2, 0) is 16.1 Å². The molecule has 3 aliphatic rings. The minimum atomic E-state index is -0.542. The highest BCUT2D eigenvalue weighted by molar-refractivity contribution is 7.97. The van der Waals surface area contributed by atoms with Crippen LogP contribution in [0.15, 0.2) is 77.7 Å². The van der Waals surface area contributed by atoms with E-state index in [1.807, 2.05) is 25.7 Å². The van der Waals surface area contributed by atoms with E-state index in [2.05, 4.69) is 94.2 Å². The van der Waals surface area contributed by atoms with E-state index in [4.69, 9.17) is 9.47 Å². The number of hydrogen-bond donors (Lipinski definition) is 1. The van der Waals surface area contributed by atoms with Crippen LogP contribution in [0.1, 0.15) is 76.8 Å². The number of nitrogens with zero attached hydrogens (tertiary/aromatic N) is 3. The van der Waals surface area contributed by atoms with E-state index in [-0.39, 0.29) is 18.0 Å². The molecule has 3 aromatic carbocycles. The SMILES string of the molecule is Cc1ccc(-c2ccc(CN3CCN(Sc4ccc(OCC5CCCCC5)cc4)C(C(=O)N4CCC(NC(=O)OC(C)(C)C)CC4)C3)cc2)cc1. The third-order valence-corrected chi connectivity index (χ3v) is 11.4. The standard InChI is InChI=1S/C42H56N4O4S/c1-31-10-14-34(15-11-31)35-16-12-32(13-17-35)28-44-26-27-46(51-38-20-18-37(19-21-38)49-30-33-8-6-5-7-9-33)39(29-44)40(47)45-24-22-36(23-25-45)43-41(48)50-42(2,3)4/h10-21,33,36,39H,5-9,22-30H2,1-4H3,(H,43,48). The van der Waals surface area contributed by atoms with Crippen molar-refractivity contribution in [3.8, 4) is 16.9 Å². The average Bonchev–Trinajstić information content (AvgIpc) is 3.12. The van der Waals surface area contributed by atoms with Crippen molar-refractivity contribution in [3.63, 3.8) is 0 Å². The second-order valence-corrected chi connectivity index (χ2v) is 16.7. The maximum atomic E-state index is 14.3. The lowest BCUT2D eigenvalue weighted by atomic mass is 9.90. The van der Waals surface area contributed by atoms with Crippen molar-refractivity contribution in [2.75, 3.05) is 39.3 Å². The summed E-state index contributed by atoms with van der Waals surface area (Å²) in [6.07, 6.45) is 7.56. The Bertz CT molecular complexity index is 1560. The number of alkyl carbamates (subject to hydrolysis) is 1. The minimum absolute atomic E-state index is 0.000963. The molecule has 0 radical (unpaired) electrons. The van der Waals surface area contributed by atoms with Gasteiger partial charge in [0.15, 0.2) is 0 Å². The lowest BCUT2D eigenvalue weighted by molar-refractivity contribution is -0.138. The molecule has 8 nitrogen and oxygen atoms in total. The molecule has 3 fully saturated rings. The number of hydrogen-bond acceptors (Lipinski definition) is 7. The average molecular weight is 713 g/mol. The minimum Gasteiger partial charge on any atom is -0.493 e. The molecule has 9 heteroatoms. The van der Waals surface area contributed by atoms with Gasteiger partial charge < -0.3 is 19.7 Å². The molecule has 1 saturated carbocycles. The van der Waals surface area contributed by atoms with Gasteiger partial charge in [-0.25, -0.2) is 9.10 Å². The first-order chi connectivity index (χ1) is 24.6. The van der Waals surface area contributed by atoms with E-state index in [1.54, 1.807) is 11.9 Å². The fourth-order valence-electron chi connectivity index (χ4n) is 7.31. The normalized spacial score (nSPS) is 19.8. The molecule has 2 heterocycles. The van der Waals surface area contributed by atoms with Gasteiger partial charge in [0.05, 0.1) is 6.61 Å². The van der Waals surface area contributed by atoms with Crippen molar-refractivity contribution < 1.29 is 19.1 Å². The molecular weight excluding hydrogens is 657 g/mol. The molecule has 274 valence electrons. The van der Waals surface area contributed by atoms with E-state index in [0.717, 1.165) is 36.9 Å². The monoisotopic (exact) mass is 712 g/mol. The molecule has 1 atom stereocenters. The molecule has 3 aromatic rings. The molecule has 6 rings (SSSR count). The zero-order valence-corrected chi connectivity index (χ0v) is 31.8. The summed E-state index contributed by atoms with van der Waals surface area (Å²) in [5, 5.41) is 3.01. The number of piperidine rings is 1. The summed E-state index contributed by atoms with van der Waals surface area (Å²) in [5.41, 5.74) is 4.39. The van der Waals surface area contributed by atoms with E-state index in [1.165, 1.54) is 54.4 Å². The van der Waals surface area contributed by atoms with Gasteiger partial charge in [0.2, 0.25) is 5.91 Å².